The molecule has 0 unspecified atom stereocenters. The van der Waals surface area contributed by atoms with Crippen LogP contribution in [0.1, 0.15) is 16.8 Å². The number of hydrogen-bond acceptors (Lipinski definition) is 3. The Morgan fingerprint density at radius 2 is 1.64 bits per heavy atom. The Morgan fingerprint density at radius 1 is 0.880 bits per heavy atom. The molecule has 0 spiro atoms. The first-order chi connectivity index (χ1) is 11.8. The van der Waals surface area contributed by atoms with Crippen LogP contribution in [0.3, 0.4) is 0 Å². The van der Waals surface area contributed by atoms with Crippen molar-refractivity contribution in [3.05, 3.63) is 94.8 Å². The lowest BCUT2D eigenvalue weighted by Gasteiger charge is -2.12. The van der Waals surface area contributed by atoms with E-state index in [2.05, 4.69) is 16.4 Å². The normalized spacial score (nSPS) is 10.1. The van der Waals surface area contributed by atoms with E-state index in [0.717, 1.165) is 40.7 Å². The lowest BCUT2D eigenvalue weighted by molar-refractivity contribution is 0.302. The molecule has 1 heterocycles. The number of aromatic nitrogens is 1. The third kappa shape index (κ3) is 6.05. The predicted octanol–water partition coefficient (Wildman–Crippen LogP) is 5.03. The average Bonchev–Trinajstić information content (AvgIpc) is 2.63. The Morgan fingerprint density at radius 3 is 2.40 bits per heavy atom. The standard InChI is InChI=1S/C20H19ClN2O.ClH/c21-18-10-8-16(9-11-18)15-24-20-7-2-1-5-17(20)13-22-14-19-6-3-4-12-23-19;/h1-12,22H,13-15H2;1H. The maximum atomic E-state index is 5.97. The zero-order valence-corrected chi connectivity index (χ0v) is 15.3. The minimum Gasteiger partial charge on any atom is -0.489 e. The van der Waals surface area contributed by atoms with Crippen molar-refractivity contribution >= 4 is 24.0 Å². The van der Waals surface area contributed by atoms with Gasteiger partial charge >= 0.3 is 0 Å². The summed E-state index contributed by atoms with van der Waals surface area (Å²) in [5, 5.41) is 4.14. The lowest BCUT2D eigenvalue weighted by Crippen LogP contribution is -2.14. The first-order valence-corrected chi connectivity index (χ1v) is 8.25. The van der Waals surface area contributed by atoms with Crippen LogP contribution in [0.2, 0.25) is 5.02 Å². The summed E-state index contributed by atoms with van der Waals surface area (Å²) < 4.78 is 5.97. The van der Waals surface area contributed by atoms with Crippen molar-refractivity contribution in [2.75, 3.05) is 0 Å². The van der Waals surface area contributed by atoms with Gasteiger partial charge in [0.1, 0.15) is 12.4 Å². The highest BCUT2D eigenvalue weighted by atomic mass is 35.5. The molecule has 1 N–H and O–H groups in total. The van der Waals surface area contributed by atoms with E-state index >= 15 is 0 Å². The van der Waals surface area contributed by atoms with Gasteiger partial charge in [-0.3, -0.25) is 4.98 Å². The average molecular weight is 375 g/mol. The van der Waals surface area contributed by atoms with Crippen LogP contribution in [-0.2, 0) is 19.7 Å². The predicted molar refractivity (Wildman–Crippen MR) is 104 cm³/mol. The van der Waals surface area contributed by atoms with E-state index in [9.17, 15) is 0 Å². The summed E-state index contributed by atoms with van der Waals surface area (Å²) in [6.45, 7) is 1.98. The summed E-state index contributed by atoms with van der Waals surface area (Å²) in [5.41, 5.74) is 3.25. The second-order valence-corrected chi connectivity index (χ2v) is 5.88. The largest absolute Gasteiger partial charge is 0.489 e. The molecule has 0 aliphatic carbocycles. The highest BCUT2D eigenvalue weighted by Gasteiger charge is 2.04. The Labute approximate surface area is 159 Å². The van der Waals surface area contributed by atoms with Crippen LogP contribution < -0.4 is 10.1 Å². The van der Waals surface area contributed by atoms with Crippen LogP contribution in [0, 0.1) is 0 Å². The fraction of sp³-hybridized carbons (Fsp3) is 0.150. The lowest BCUT2D eigenvalue weighted by atomic mass is 10.2. The summed E-state index contributed by atoms with van der Waals surface area (Å²) in [4.78, 5) is 4.31. The first-order valence-electron chi connectivity index (χ1n) is 7.87. The molecular formula is C20H20Cl2N2O. The number of rotatable bonds is 7. The molecule has 0 saturated heterocycles. The minimum absolute atomic E-state index is 0. The number of para-hydroxylation sites is 1. The molecule has 3 aromatic rings. The van der Waals surface area contributed by atoms with E-state index in [0.29, 0.717) is 6.61 Å². The maximum absolute atomic E-state index is 5.97. The van der Waals surface area contributed by atoms with E-state index in [1.165, 1.54) is 0 Å². The molecule has 5 heteroatoms. The molecule has 3 nitrogen and oxygen atoms in total. The van der Waals surface area contributed by atoms with Gasteiger partial charge in [-0.2, -0.15) is 0 Å². The molecule has 0 bridgehead atoms. The van der Waals surface area contributed by atoms with Crippen LogP contribution in [0.4, 0.5) is 0 Å². The van der Waals surface area contributed by atoms with Gasteiger partial charge in [0.05, 0.1) is 5.69 Å². The smallest absolute Gasteiger partial charge is 0.124 e. The third-order valence-corrected chi connectivity index (χ3v) is 3.88. The third-order valence-electron chi connectivity index (χ3n) is 3.63. The number of nitrogens with one attached hydrogen (secondary N) is 1. The van der Waals surface area contributed by atoms with Crippen molar-refractivity contribution < 1.29 is 4.74 Å². The summed E-state index contributed by atoms with van der Waals surface area (Å²) in [5.74, 6) is 0.890. The van der Waals surface area contributed by atoms with Gasteiger partial charge in [-0.1, -0.05) is 48.0 Å². The van der Waals surface area contributed by atoms with Gasteiger partial charge in [0.15, 0.2) is 0 Å². The SMILES string of the molecule is Cl.Clc1ccc(COc2ccccc2CNCc2ccccn2)cc1. The highest BCUT2D eigenvalue weighted by molar-refractivity contribution is 6.30. The quantitative estimate of drug-likeness (QED) is 0.629. The first kappa shape index (κ1) is 19.3. The van der Waals surface area contributed by atoms with Gasteiger partial charge in [-0.05, 0) is 35.9 Å². The molecule has 0 saturated carbocycles. The van der Waals surface area contributed by atoms with Crippen molar-refractivity contribution in [3.8, 4) is 5.75 Å². The van der Waals surface area contributed by atoms with E-state index in [1.807, 2.05) is 60.7 Å². The summed E-state index contributed by atoms with van der Waals surface area (Å²) in [6, 6.07) is 21.7. The Kier molecular flexibility index (Phi) is 7.74. The Bertz CT molecular complexity index is 764. The molecule has 0 radical (unpaired) electrons. The van der Waals surface area contributed by atoms with Crippen LogP contribution in [0.15, 0.2) is 72.9 Å². The second kappa shape index (κ2) is 10.0. The number of benzene rings is 2. The monoisotopic (exact) mass is 374 g/mol. The maximum Gasteiger partial charge on any atom is 0.124 e. The summed E-state index contributed by atoms with van der Waals surface area (Å²) >= 11 is 5.91. The van der Waals surface area contributed by atoms with Gasteiger partial charge in [0.2, 0.25) is 0 Å². The van der Waals surface area contributed by atoms with Crippen LogP contribution in [0.25, 0.3) is 0 Å². The molecule has 2 aromatic carbocycles. The number of pyridine rings is 1. The van der Waals surface area contributed by atoms with Gasteiger partial charge in [0, 0.05) is 29.9 Å². The molecule has 0 atom stereocenters. The van der Waals surface area contributed by atoms with Crippen molar-refractivity contribution in [3.63, 3.8) is 0 Å². The van der Waals surface area contributed by atoms with E-state index < -0.39 is 0 Å². The van der Waals surface area contributed by atoms with Crippen molar-refractivity contribution in [2.24, 2.45) is 0 Å². The van der Waals surface area contributed by atoms with Gasteiger partial charge in [0.25, 0.3) is 0 Å². The minimum atomic E-state index is 0. The fourth-order valence-electron chi connectivity index (χ4n) is 2.36. The number of nitrogens with zero attached hydrogens (tertiary/aromatic N) is 1. The van der Waals surface area contributed by atoms with Crippen LogP contribution in [0.5, 0.6) is 5.75 Å². The molecule has 0 fully saturated rings. The van der Waals surface area contributed by atoms with E-state index in [-0.39, 0.29) is 12.4 Å². The molecule has 25 heavy (non-hydrogen) atoms. The Balaban J connectivity index is 0.00000225. The topological polar surface area (TPSA) is 34.1 Å². The van der Waals surface area contributed by atoms with Gasteiger partial charge < -0.3 is 10.1 Å². The molecule has 0 amide bonds. The second-order valence-electron chi connectivity index (χ2n) is 5.45. The van der Waals surface area contributed by atoms with Gasteiger partial charge in [-0.25, -0.2) is 0 Å². The molecule has 0 aliphatic heterocycles. The number of ether oxygens (including phenoxy) is 1. The van der Waals surface area contributed by atoms with E-state index in [1.54, 1.807) is 6.20 Å². The van der Waals surface area contributed by atoms with Crippen molar-refractivity contribution in [2.45, 2.75) is 19.7 Å². The molecule has 1 aromatic heterocycles. The molecule has 0 aliphatic rings. The van der Waals surface area contributed by atoms with Crippen LogP contribution >= 0.6 is 24.0 Å². The Hall–Kier alpha value is -2.07. The number of hydrogen-bond donors (Lipinski definition) is 1. The van der Waals surface area contributed by atoms with E-state index in [4.69, 9.17) is 16.3 Å². The number of halogens is 2. The van der Waals surface area contributed by atoms with Crippen molar-refractivity contribution in [1.29, 1.82) is 0 Å². The zero-order valence-electron chi connectivity index (χ0n) is 13.7. The van der Waals surface area contributed by atoms with Gasteiger partial charge in [-0.15, -0.1) is 12.4 Å². The fourth-order valence-corrected chi connectivity index (χ4v) is 2.49. The molecule has 3 rings (SSSR count). The molecular weight excluding hydrogens is 355 g/mol. The summed E-state index contributed by atoms with van der Waals surface area (Å²) in [6.07, 6.45) is 1.81. The van der Waals surface area contributed by atoms with Crippen molar-refractivity contribution in [1.82, 2.24) is 10.3 Å². The van der Waals surface area contributed by atoms with Crippen LogP contribution in [-0.4, -0.2) is 4.98 Å². The highest BCUT2D eigenvalue weighted by Crippen LogP contribution is 2.20. The zero-order chi connectivity index (χ0) is 16.6. The summed E-state index contributed by atoms with van der Waals surface area (Å²) in [7, 11) is 0. The molecule has 130 valence electrons.